The molecule has 1 unspecified atom stereocenters. The van der Waals surface area contributed by atoms with Gasteiger partial charge in [-0.05, 0) is 38.7 Å². The highest BCUT2D eigenvalue weighted by Gasteiger charge is 2.14. The van der Waals surface area contributed by atoms with Crippen molar-refractivity contribution in [3.63, 3.8) is 0 Å². The third-order valence-electron chi connectivity index (χ3n) is 4.30. The summed E-state index contributed by atoms with van der Waals surface area (Å²) in [5.41, 5.74) is 1.04. The number of likely N-dealkylation sites (N-methyl/N-ethyl adjacent to an activating group) is 1. The van der Waals surface area contributed by atoms with Crippen LogP contribution >= 0.6 is 24.0 Å². The summed E-state index contributed by atoms with van der Waals surface area (Å²) < 4.78 is 15.2. The molecule has 2 N–H and O–H groups in total. The largest absolute Gasteiger partial charge is 0.357 e. The molecular weight excluding hydrogens is 472 g/mol. The number of nitrogens with one attached hydrogen (secondary N) is 2. The summed E-state index contributed by atoms with van der Waals surface area (Å²) in [7, 11) is 4.00. The molecule has 28 heavy (non-hydrogen) atoms. The lowest BCUT2D eigenvalue weighted by Crippen LogP contribution is -2.39. The summed E-state index contributed by atoms with van der Waals surface area (Å²) in [6.45, 7) is 6.95. The smallest absolute Gasteiger partial charge is 0.191 e. The fourth-order valence-electron chi connectivity index (χ4n) is 2.81. The van der Waals surface area contributed by atoms with Gasteiger partial charge in [-0.25, -0.2) is 4.39 Å². The van der Waals surface area contributed by atoms with Gasteiger partial charge in [0.15, 0.2) is 5.96 Å². The van der Waals surface area contributed by atoms with E-state index in [2.05, 4.69) is 32.7 Å². The maximum absolute atomic E-state index is 13.2. The van der Waals surface area contributed by atoms with Crippen LogP contribution in [0, 0.1) is 5.82 Å². The first-order valence-corrected chi connectivity index (χ1v) is 9.35. The Morgan fingerprint density at radius 3 is 2.54 bits per heavy atom. The first-order valence-electron chi connectivity index (χ1n) is 9.35. The second kappa shape index (κ2) is 12.7. The van der Waals surface area contributed by atoms with Gasteiger partial charge >= 0.3 is 0 Å². The van der Waals surface area contributed by atoms with Crippen molar-refractivity contribution in [1.82, 2.24) is 30.3 Å². The summed E-state index contributed by atoms with van der Waals surface area (Å²) >= 11 is 0. The molecule has 0 bridgehead atoms. The molecule has 1 atom stereocenters. The molecule has 0 saturated carbocycles. The second-order valence-corrected chi connectivity index (χ2v) is 6.47. The molecule has 0 spiro atoms. The molecule has 0 aliphatic heterocycles. The summed E-state index contributed by atoms with van der Waals surface area (Å²) in [5.74, 6) is 1.51. The van der Waals surface area contributed by atoms with Gasteiger partial charge in [-0.1, -0.05) is 19.1 Å². The third-order valence-corrected chi connectivity index (χ3v) is 4.30. The Bertz CT molecular complexity index is 715. The molecule has 0 saturated heterocycles. The average molecular weight is 503 g/mol. The van der Waals surface area contributed by atoms with Crippen molar-refractivity contribution in [1.29, 1.82) is 0 Å². The molecular formula is C19H31FIN7. The number of aliphatic imine (C=N–C) groups is 1. The number of rotatable bonds is 9. The van der Waals surface area contributed by atoms with E-state index in [1.165, 1.54) is 12.1 Å². The van der Waals surface area contributed by atoms with Gasteiger partial charge in [0.05, 0.1) is 12.6 Å². The van der Waals surface area contributed by atoms with E-state index in [4.69, 9.17) is 4.99 Å². The predicted octanol–water partition coefficient (Wildman–Crippen LogP) is 2.46. The Kier molecular flexibility index (Phi) is 11.0. The highest BCUT2D eigenvalue weighted by atomic mass is 127. The van der Waals surface area contributed by atoms with Crippen LogP contribution in [0.25, 0.3) is 0 Å². The van der Waals surface area contributed by atoms with E-state index in [9.17, 15) is 4.39 Å². The molecule has 9 heteroatoms. The Balaban J connectivity index is 0.00000392. The van der Waals surface area contributed by atoms with Crippen LogP contribution in [0.3, 0.4) is 0 Å². The predicted molar refractivity (Wildman–Crippen MR) is 122 cm³/mol. The van der Waals surface area contributed by atoms with Gasteiger partial charge in [0.1, 0.15) is 18.0 Å². The van der Waals surface area contributed by atoms with Crippen LogP contribution in [-0.2, 0) is 13.0 Å². The standard InChI is InChI=1S/C19H30FN7.HI/c1-5-18-25-24-14-27(18)12-11-22-19(21-6-2)23-13-17(26(3)4)15-7-9-16(20)10-8-15;/h7-10,14,17H,5-6,11-13H2,1-4H3,(H2,21,22,23);1H. The van der Waals surface area contributed by atoms with Crippen molar-refractivity contribution in [3.8, 4) is 0 Å². The van der Waals surface area contributed by atoms with Gasteiger partial charge in [-0.3, -0.25) is 4.99 Å². The molecule has 0 aliphatic rings. The topological polar surface area (TPSA) is 70.4 Å². The van der Waals surface area contributed by atoms with E-state index >= 15 is 0 Å². The molecule has 0 fully saturated rings. The van der Waals surface area contributed by atoms with Gasteiger partial charge in [0, 0.05) is 26.1 Å². The van der Waals surface area contributed by atoms with Crippen molar-refractivity contribution in [2.45, 2.75) is 32.9 Å². The van der Waals surface area contributed by atoms with Gasteiger partial charge < -0.3 is 20.1 Å². The Morgan fingerprint density at radius 1 is 1.21 bits per heavy atom. The van der Waals surface area contributed by atoms with E-state index in [1.54, 1.807) is 6.33 Å². The van der Waals surface area contributed by atoms with Crippen molar-refractivity contribution >= 4 is 29.9 Å². The van der Waals surface area contributed by atoms with E-state index in [0.29, 0.717) is 6.54 Å². The van der Waals surface area contributed by atoms with E-state index < -0.39 is 0 Å². The first kappa shape index (κ1) is 24.3. The average Bonchev–Trinajstić information content (AvgIpc) is 3.10. The number of nitrogens with zero attached hydrogens (tertiary/aromatic N) is 5. The lowest BCUT2D eigenvalue weighted by Gasteiger charge is -2.23. The third kappa shape index (κ3) is 7.34. The summed E-state index contributed by atoms with van der Waals surface area (Å²) in [6, 6.07) is 6.68. The number of aryl methyl sites for hydroxylation is 1. The number of halogens is 2. The molecule has 1 heterocycles. The first-order chi connectivity index (χ1) is 13.0. The maximum atomic E-state index is 13.2. The Morgan fingerprint density at radius 2 is 1.93 bits per heavy atom. The summed E-state index contributed by atoms with van der Waals surface area (Å²) in [5, 5.41) is 14.7. The minimum absolute atomic E-state index is 0. The fourth-order valence-corrected chi connectivity index (χ4v) is 2.81. The van der Waals surface area contributed by atoms with Gasteiger partial charge in [-0.2, -0.15) is 0 Å². The highest BCUT2D eigenvalue weighted by Crippen LogP contribution is 2.18. The normalized spacial score (nSPS) is 12.6. The maximum Gasteiger partial charge on any atom is 0.191 e. The van der Waals surface area contributed by atoms with E-state index in [1.807, 2.05) is 37.7 Å². The number of hydrogen-bond acceptors (Lipinski definition) is 4. The number of aromatic nitrogens is 3. The van der Waals surface area contributed by atoms with Crippen LogP contribution in [0.2, 0.25) is 0 Å². The van der Waals surface area contributed by atoms with Crippen molar-refractivity contribution < 1.29 is 4.39 Å². The fraction of sp³-hybridized carbons (Fsp3) is 0.526. The minimum Gasteiger partial charge on any atom is -0.357 e. The lowest BCUT2D eigenvalue weighted by atomic mass is 10.1. The molecule has 156 valence electrons. The summed E-state index contributed by atoms with van der Waals surface area (Å²) in [6.07, 6.45) is 2.61. The van der Waals surface area contributed by atoms with Gasteiger partial charge in [0.2, 0.25) is 0 Å². The van der Waals surface area contributed by atoms with Crippen LogP contribution in [0.4, 0.5) is 4.39 Å². The van der Waals surface area contributed by atoms with Gasteiger partial charge in [0.25, 0.3) is 0 Å². The number of guanidine groups is 1. The molecule has 2 aromatic rings. The van der Waals surface area contributed by atoms with Crippen LogP contribution < -0.4 is 10.6 Å². The molecule has 0 aliphatic carbocycles. The zero-order valence-corrected chi connectivity index (χ0v) is 19.4. The van der Waals surface area contributed by atoms with Crippen molar-refractivity contribution in [2.24, 2.45) is 4.99 Å². The summed E-state index contributed by atoms with van der Waals surface area (Å²) in [4.78, 5) is 6.80. The van der Waals surface area contributed by atoms with E-state index in [0.717, 1.165) is 43.4 Å². The van der Waals surface area contributed by atoms with Gasteiger partial charge in [-0.15, -0.1) is 34.2 Å². The monoisotopic (exact) mass is 503 g/mol. The SMILES string of the molecule is CCNC(=NCC(c1ccc(F)cc1)N(C)C)NCCn1cnnc1CC.I. The Hall–Kier alpha value is -1.75. The molecule has 7 nitrogen and oxygen atoms in total. The quantitative estimate of drug-likeness (QED) is 0.313. The molecule has 1 aromatic heterocycles. The highest BCUT2D eigenvalue weighted by molar-refractivity contribution is 14.0. The van der Waals surface area contributed by atoms with Crippen molar-refractivity contribution in [2.75, 3.05) is 33.7 Å². The van der Waals surface area contributed by atoms with Crippen LogP contribution in [0.5, 0.6) is 0 Å². The van der Waals surface area contributed by atoms with Crippen molar-refractivity contribution in [3.05, 3.63) is 47.8 Å². The molecule has 0 amide bonds. The second-order valence-electron chi connectivity index (χ2n) is 6.47. The lowest BCUT2D eigenvalue weighted by molar-refractivity contribution is 0.306. The zero-order valence-electron chi connectivity index (χ0n) is 17.0. The van der Waals surface area contributed by atoms with Crippen LogP contribution in [0.1, 0.15) is 31.3 Å². The molecule has 1 aromatic carbocycles. The number of hydrogen-bond donors (Lipinski definition) is 2. The minimum atomic E-state index is -0.227. The van der Waals surface area contributed by atoms with Crippen LogP contribution in [-0.4, -0.2) is 59.4 Å². The Labute approximate surface area is 183 Å². The van der Waals surface area contributed by atoms with E-state index in [-0.39, 0.29) is 35.8 Å². The van der Waals surface area contributed by atoms with Crippen LogP contribution in [0.15, 0.2) is 35.6 Å². The molecule has 2 rings (SSSR count). The number of benzene rings is 1. The molecule has 0 radical (unpaired) electrons. The zero-order chi connectivity index (χ0) is 19.6.